The van der Waals surface area contributed by atoms with Gasteiger partial charge in [-0.15, -0.1) is 23.1 Å². The average Bonchev–Trinajstić information content (AvgIpc) is 2.44. The minimum Gasteiger partial charge on any atom is -0.506 e. The van der Waals surface area contributed by atoms with E-state index >= 15 is 0 Å². The largest absolute Gasteiger partial charge is 0.506 e. The Morgan fingerprint density at radius 2 is 2.33 bits per heavy atom. The molecule has 1 N–H and O–H groups in total. The predicted molar refractivity (Wildman–Crippen MR) is 50.4 cm³/mol. The molecule has 0 bridgehead atoms. The summed E-state index contributed by atoms with van der Waals surface area (Å²) in [5.41, 5.74) is 0.985. The first-order valence-corrected chi connectivity index (χ1v) is 5.55. The lowest BCUT2D eigenvalue weighted by molar-refractivity contribution is 0.112. The van der Waals surface area contributed by atoms with Crippen LogP contribution in [0, 0.1) is 0 Å². The molecule has 0 saturated heterocycles. The zero-order valence-electron chi connectivity index (χ0n) is 6.37. The number of rotatable bonds is 1. The smallest absolute Gasteiger partial charge is 0.163 e. The maximum Gasteiger partial charge on any atom is 0.163 e. The topological polar surface area (TPSA) is 37.3 Å². The second-order valence-corrected chi connectivity index (χ2v) is 5.07. The van der Waals surface area contributed by atoms with Crippen LogP contribution in [0.15, 0.2) is 4.21 Å². The van der Waals surface area contributed by atoms with Gasteiger partial charge < -0.3 is 5.11 Å². The summed E-state index contributed by atoms with van der Waals surface area (Å²) in [4.78, 5) is 11.0. The van der Waals surface area contributed by atoms with Crippen LogP contribution in [0.5, 0.6) is 5.75 Å². The number of hydrogen-bond acceptors (Lipinski definition) is 4. The molecule has 0 aliphatic carbocycles. The van der Waals surface area contributed by atoms with Crippen LogP contribution in [0.1, 0.15) is 21.7 Å². The quantitative estimate of drug-likeness (QED) is 0.707. The van der Waals surface area contributed by atoms with Gasteiger partial charge in [-0.25, -0.2) is 0 Å². The molecule has 4 heteroatoms. The summed E-state index contributed by atoms with van der Waals surface area (Å²) in [5.74, 6) is 1.32. The summed E-state index contributed by atoms with van der Waals surface area (Å²) in [6, 6.07) is 0. The molecule has 1 aromatic heterocycles. The molecule has 2 rings (SSSR count). The molecule has 0 radical (unpaired) electrons. The van der Waals surface area contributed by atoms with Crippen molar-refractivity contribution in [2.24, 2.45) is 0 Å². The van der Waals surface area contributed by atoms with E-state index in [4.69, 9.17) is 0 Å². The van der Waals surface area contributed by atoms with E-state index in [1.807, 2.05) is 0 Å². The molecule has 0 spiro atoms. The van der Waals surface area contributed by atoms with Crippen LogP contribution in [-0.2, 0) is 6.42 Å². The molecule has 1 aliphatic rings. The molecule has 2 heterocycles. The average molecular weight is 200 g/mol. The SMILES string of the molecule is O=Cc1sc2c(c1O)CCCS2. The normalized spacial score (nSPS) is 15.7. The maximum atomic E-state index is 10.5. The predicted octanol–water partition coefficient (Wildman–Crippen LogP) is 2.30. The third-order valence-corrected chi connectivity index (χ3v) is 4.43. The number of fused-ring (bicyclic) bond motifs is 1. The van der Waals surface area contributed by atoms with E-state index in [2.05, 4.69) is 0 Å². The van der Waals surface area contributed by atoms with Crippen molar-refractivity contribution in [3.63, 3.8) is 0 Å². The lowest BCUT2D eigenvalue weighted by atomic mass is 10.2. The van der Waals surface area contributed by atoms with Crippen LogP contribution in [0.25, 0.3) is 0 Å². The van der Waals surface area contributed by atoms with Crippen molar-refractivity contribution in [1.82, 2.24) is 0 Å². The Morgan fingerprint density at radius 3 is 3.00 bits per heavy atom. The van der Waals surface area contributed by atoms with Gasteiger partial charge in [-0.2, -0.15) is 0 Å². The van der Waals surface area contributed by atoms with Crippen molar-refractivity contribution in [1.29, 1.82) is 0 Å². The van der Waals surface area contributed by atoms with Crippen LogP contribution in [-0.4, -0.2) is 17.1 Å². The van der Waals surface area contributed by atoms with Crippen molar-refractivity contribution in [2.75, 3.05) is 5.75 Å². The fourth-order valence-corrected chi connectivity index (χ4v) is 3.68. The van der Waals surface area contributed by atoms with E-state index in [0.717, 1.165) is 34.7 Å². The molecular weight excluding hydrogens is 192 g/mol. The Kier molecular flexibility index (Phi) is 2.11. The monoisotopic (exact) mass is 200 g/mol. The van der Waals surface area contributed by atoms with Crippen molar-refractivity contribution < 1.29 is 9.90 Å². The highest BCUT2D eigenvalue weighted by molar-refractivity contribution is 8.01. The fourth-order valence-electron chi connectivity index (χ4n) is 1.29. The molecule has 0 aromatic carbocycles. The number of aldehydes is 1. The molecule has 64 valence electrons. The van der Waals surface area contributed by atoms with E-state index in [1.54, 1.807) is 11.8 Å². The second kappa shape index (κ2) is 3.11. The fraction of sp³-hybridized carbons (Fsp3) is 0.375. The van der Waals surface area contributed by atoms with Gasteiger partial charge >= 0.3 is 0 Å². The minimum absolute atomic E-state index is 0.220. The van der Waals surface area contributed by atoms with Crippen molar-refractivity contribution >= 4 is 29.4 Å². The summed E-state index contributed by atoms with van der Waals surface area (Å²) >= 11 is 3.15. The highest BCUT2D eigenvalue weighted by Gasteiger charge is 2.19. The van der Waals surface area contributed by atoms with Gasteiger partial charge in [-0.3, -0.25) is 4.79 Å². The van der Waals surface area contributed by atoms with E-state index in [1.165, 1.54) is 11.3 Å². The van der Waals surface area contributed by atoms with E-state index < -0.39 is 0 Å². The summed E-state index contributed by atoms with van der Waals surface area (Å²) in [7, 11) is 0. The molecule has 0 saturated carbocycles. The molecule has 0 amide bonds. The lowest BCUT2D eigenvalue weighted by Crippen LogP contribution is -1.93. The molecule has 1 aromatic rings. The highest BCUT2D eigenvalue weighted by atomic mass is 32.2. The molecule has 0 unspecified atom stereocenters. The summed E-state index contributed by atoms with van der Waals surface area (Å²) in [6.45, 7) is 0. The summed E-state index contributed by atoms with van der Waals surface area (Å²) < 4.78 is 1.13. The van der Waals surface area contributed by atoms with Crippen molar-refractivity contribution in [3.8, 4) is 5.75 Å². The van der Waals surface area contributed by atoms with Gasteiger partial charge in [0.1, 0.15) is 10.6 Å². The summed E-state index contributed by atoms with van der Waals surface area (Å²) in [6.07, 6.45) is 2.75. The Labute approximate surface area is 78.6 Å². The molecule has 0 fully saturated rings. The Bertz CT molecular complexity index is 317. The van der Waals surface area contributed by atoms with Gasteiger partial charge in [0.2, 0.25) is 0 Å². The first-order valence-electron chi connectivity index (χ1n) is 3.75. The molecule has 0 atom stereocenters. The van der Waals surface area contributed by atoms with Gasteiger partial charge in [-0.05, 0) is 18.6 Å². The first-order chi connectivity index (χ1) is 5.83. The number of carbonyl (C=O) groups is 1. The van der Waals surface area contributed by atoms with Crippen LogP contribution in [0.4, 0.5) is 0 Å². The first kappa shape index (κ1) is 8.13. The van der Waals surface area contributed by atoms with Crippen molar-refractivity contribution in [2.45, 2.75) is 17.1 Å². The van der Waals surface area contributed by atoms with Gasteiger partial charge in [-0.1, -0.05) is 0 Å². The Morgan fingerprint density at radius 1 is 1.50 bits per heavy atom. The van der Waals surface area contributed by atoms with E-state index in [0.29, 0.717) is 4.88 Å². The van der Waals surface area contributed by atoms with Crippen molar-refractivity contribution in [3.05, 3.63) is 10.4 Å². The maximum absolute atomic E-state index is 10.5. The minimum atomic E-state index is 0.220. The second-order valence-electron chi connectivity index (χ2n) is 2.65. The van der Waals surface area contributed by atoms with Crippen LogP contribution in [0.2, 0.25) is 0 Å². The van der Waals surface area contributed by atoms with Crippen LogP contribution in [0.3, 0.4) is 0 Å². The van der Waals surface area contributed by atoms with E-state index in [9.17, 15) is 9.90 Å². The highest BCUT2D eigenvalue weighted by Crippen LogP contribution is 2.43. The molecule has 12 heavy (non-hydrogen) atoms. The third-order valence-electron chi connectivity index (χ3n) is 1.88. The Hall–Kier alpha value is -0.480. The van der Waals surface area contributed by atoms with Gasteiger partial charge in [0, 0.05) is 5.56 Å². The number of aromatic hydroxyl groups is 1. The lowest BCUT2D eigenvalue weighted by Gasteiger charge is -2.08. The zero-order chi connectivity index (χ0) is 8.55. The number of thiophene rings is 1. The van der Waals surface area contributed by atoms with Crippen LogP contribution < -0.4 is 0 Å². The van der Waals surface area contributed by atoms with Gasteiger partial charge in [0.25, 0.3) is 0 Å². The standard InChI is InChI=1S/C8H8O2S2/c9-4-6-7(10)5-2-1-3-11-8(5)12-6/h4,10H,1-3H2. The molecule has 2 nitrogen and oxygen atoms in total. The zero-order valence-corrected chi connectivity index (χ0v) is 8.00. The number of hydrogen-bond donors (Lipinski definition) is 1. The summed E-state index contributed by atoms with van der Waals surface area (Å²) in [5, 5.41) is 9.54. The van der Waals surface area contributed by atoms with Gasteiger partial charge in [0.05, 0.1) is 4.21 Å². The molecule has 1 aliphatic heterocycles. The number of carbonyl (C=O) groups excluding carboxylic acids is 1. The van der Waals surface area contributed by atoms with Gasteiger partial charge in [0.15, 0.2) is 6.29 Å². The van der Waals surface area contributed by atoms with E-state index in [-0.39, 0.29) is 5.75 Å². The number of thioether (sulfide) groups is 1. The molecular formula is C8H8O2S2. The van der Waals surface area contributed by atoms with Crippen LogP contribution >= 0.6 is 23.1 Å². The Balaban J connectivity index is 2.51. The third kappa shape index (κ3) is 1.15.